The number of carbonyl (C=O) groups excluding carboxylic acids is 3. The highest BCUT2D eigenvalue weighted by molar-refractivity contribution is 8.00. The van der Waals surface area contributed by atoms with Crippen LogP contribution in [-0.4, -0.2) is 35.1 Å². The van der Waals surface area contributed by atoms with Crippen molar-refractivity contribution in [2.45, 2.75) is 11.8 Å². The normalized spacial score (nSPS) is 11.2. The molecular weight excluding hydrogens is 616 g/mol. The van der Waals surface area contributed by atoms with Crippen LogP contribution in [0.2, 0.25) is 5.02 Å². The van der Waals surface area contributed by atoms with Gasteiger partial charge in [-0.15, -0.1) is 11.8 Å². The maximum Gasteiger partial charge on any atom is 0.272 e. The molecule has 0 saturated heterocycles. The topological polar surface area (TPSA) is 109 Å². The third kappa shape index (κ3) is 8.25. The molecule has 0 fully saturated rings. The summed E-state index contributed by atoms with van der Waals surface area (Å²) in [5.41, 5.74) is 2.28. The molecule has 222 valence electrons. The lowest BCUT2D eigenvalue weighted by Crippen LogP contribution is -2.30. The van der Waals surface area contributed by atoms with Crippen LogP contribution >= 0.6 is 34.7 Å². The number of amides is 3. The number of rotatable bonds is 11. The zero-order valence-corrected chi connectivity index (χ0v) is 25.9. The average molecular weight is 643 g/mol. The number of thiazole rings is 1. The molecule has 1 heterocycles. The smallest absolute Gasteiger partial charge is 0.272 e. The number of thioether (sulfide) groups is 1. The van der Waals surface area contributed by atoms with Crippen LogP contribution in [0.25, 0.3) is 16.3 Å². The number of nitrogens with one attached hydrogen (secondary N) is 3. The maximum atomic E-state index is 13.4. The molecule has 4 aromatic carbocycles. The molecule has 5 aromatic rings. The summed E-state index contributed by atoms with van der Waals surface area (Å²) in [4.78, 5) is 44.2. The fourth-order valence-electron chi connectivity index (χ4n) is 4.07. The second-order valence-electron chi connectivity index (χ2n) is 9.30. The van der Waals surface area contributed by atoms with E-state index < -0.39 is 11.8 Å². The maximum absolute atomic E-state index is 13.4. The first-order valence-electron chi connectivity index (χ1n) is 13.6. The number of fused-ring (bicyclic) bond motifs is 1. The summed E-state index contributed by atoms with van der Waals surface area (Å²) in [6.07, 6.45) is 1.53. The number of ether oxygens (including phenoxy) is 1. The fraction of sp³-hybridized carbons (Fsp3) is 0.0909. The molecule has 0 radical (unpaired) electrons. The van der Waals surface area contributed by atoms with Gasteiger partial charge in [0.25, 0.3) is 11.8 Å². The van der Waals surface area contributed by atoms with E-state index in [1.807, 2.05) is 31.2 Å². The number of hydrogen-bond donors (Lipinski definition) is 3. The predicted octanol–water partition coefficient (Wildman–Crippen LogP) is 7.49. The third-order valence-electron chi connectivity index (χ3n) is 6.11. The van der Waals surface area contributed by atoms with Gasteiger partial charge in [0.1, 0.15) is 11.4 Å². The number of halogens is 1. The second kappa shape index (κ2) is 14.7. The summed E-state index contributed by atoms with van der Waals surface area (Å²) < 4.78 is 6.46. The standard InChI is InChI=1S/C33H27ClN4O4S2/c1-2-42-24-15-16-27-29(19-24)44-33(37-27)38-30(39)20-43-25-13-8-12-23(18-25)35-32(41)28(17-22-11-6-7-14-26(22)34)36-31(40)21-9-4-3-5-10-21/h3-19H,2,20H2,1H3,(H,35,41)(H,36,40)(H,37,38,39)/b28-17+. The zero-order chi connectivity index (χ0) is 30.9. The highest BCUT2D eigenvalue weighted by Gasteiger charge is 2.16. The number of aromatic nitrogens is 1. The van der Waals surface area contributed by atoms with Crippen LogP contribution < -0.4 is 20.7 Å². The van der Waals surface area contributed by atoms with Gasteiger partial charge in [-0.2, -0.15) is 0 Å². The zero-order valence-electron chi connectivity index (χ0n) is 23.5. The minimum Gasteiger partial charge on any atom is -0.494 e. The summed E-state index contributed by atoms with van der Waals surface area (Å²) in [6.45, 7) is 2.49. The molecule has 44 heavy (non-hydrogen) atoms. The van der Waals surface area contributed by atoms with Gasteiger partial charge < -0.3 is 20.7 Å². The van der Waals surface area contributed by atoms with Crippen LogP contribution in [0.5, 0.6) is 5.75 Å². The first-order valence-corrected chi connectivity index (χ1v) is 15.8. The monoisotopic (exact) mass is 642 g/mol. The Kier molecular flexibility index (Phi) is 10.3. The van der Waals surface area contributed by atoms with Crippen molar-refractivity contribution in [1.29, 1.82) is 0 Å². The van der Waals surface area contributed by atoms with Gasteiger partial charge in [-0.1, -0.05) is 65.4 Å². The minimum absolute atomic E-state index is 0.0219. The van der Waals surface area contributed by atoms with Gasteiger partial charge in [-0.25, -0.2) is 4.98 Å². The van der Waals surface area contributed by atoms with Gasteiger partial charge >= 0.3 is 0 Å². The van der Waals surface area contributed by atoms with Gasteiger partial charge in [-0.3, -0.25) is 14.4 Å². The molecule has 3 N–H and O–H groups in total. The Balaban J connectivity index is 1.24. The van der Waals surface area contributed by atoms with E-state index in [0.717, 1.165) is 20.9 Å². The van der Waals surface area contributed by atoms with E-state index in [1.165, 1.54) is 29.2 Å². The van der Waals surface area contributed by atoms with Crippen molar-refractivity contribution in [3.05, 3.63) is 119 Å². The van der Waals surface area contributed by atoms with E-state index in [9.17, 15) is 14.4 Å². The molecule has 0 unspecified atom stereocenters. The van der Waals surface area contributed by atoms with Crippen LogP contribution in [0, 0.1) is 0 Å². The van der Waals surface area contributed by atoms with Crippen molar-refractivity contribution in [2.24, 2.45) is 0 Å². The van der Waals surface area contributed by atoms with Gasteiger partial charge in [0, 0.05) is 21.2 Å². The van der Waals surface area contributed by atoms with Crippen molar-refractivity contribution < 1.29 is 19.1 Å². The van der Waals surface area contributed by atoms with Crippen LogP contribution in [0.1, 0.15) is 22.8 Å². The molecule has 11 heteroatoms. The highest BCUT2D eigenvalue weighted by atomic mass is 35.5. The number of carbonyl (C=O) groups is 3. The van der Waals surface area contributed by atoms with E-state index in [2.05, 4.69) is 20.9 Å². The van der Waals surface area contributed by atoms with E-state index in [-0.39, 0.29) is 17.4 Å². The van der Waals surface area contributed by atoms with E-state index in [0.29, 0.717) is 33.6 Å². The summed E-state index contributed by atoms with van der Waals surface area (Å²) in [5.74, 6) is -0.270. The summed E-state index contributed by atoms with van der Waals surface area (Å²) in [6, 6.07) is 28.4. The Morgan fingerprint density at radius 2 is 1.73 bits per heavy atom. The average Bonchev–Trinajstić information content (AvgIpc) is 3.43. The van der Waals surface area contributed by atoms with Gasteiger partial charge in [-0.05, 0) is 73.2 Å². The summed E-state index contributed by atoms with van der Waals surface area (Å²) >= 11 is 9.02. The van der Waals surface area contributed by atoms with E-state index in [4.69, 9.17) is 16.3 Å². The molecule has 1 aromatic heterocycles. The summed E-state index contributed by atoms with van der Waals surface area (Å²) in [5, 5.41) is 9.34. The quantitative estimate of drug-likeness (QED) is 0.102. The first kappa shape index (κ1) is 30.8. The van der Waals surface area contributed by atoms with Crippen molar-refractivity contribution in [3.63, 3.8) is 0 Å². The lowest BCUT2D eigenvalue weighted by Gasteiger charge is -2.12. The van der Waals surface area contributed by atoms with E-state index >= 15 is 0 Å². The van der Waals surface area contributed by atoms with Crippen molar-refractivity contribution in [1.82, 2.24) is 10.3 Å². The Morgan fingerprint density at radius 1 is 0.932 bits per heavy atom. The molecule has 0 aliphatic rings. The van der Waals surface area contributed by atoms with Crippen LogP contribution in [-0.2, 0) is 9.59 Å². The molecule has 0 saturated carbocycles. The molecule has 0 aliphatic heterocycles. The van der Waals surface area contributed by atoms with Crippen LogP contribution in [0.3, 0.4) is 0 Å². The molecule has 0 spiro atoms. The lowest BCUT2D eigenvalue weighted by atomic mass is 10.1. The lowest BCUT2D eigenvalue weighted by molar-refractivity contribution is -0.114. The minimum atomic E-state index is -0.530. The molecule has 0 bridgehead atoms. The van der Waals surface area contributed by atoms with Gasteiger partial charge in [0.05, 0.1) is 22.6 Å². The second-order valence-corrected chi connectivity index (χ2v) is 11.8. The number of hydrogen-bond acceptors (Lipinski definition) is 7. The molecule has 3 amide bonds. The number of benzene rings is 4. The highest BCUT2D eigenvalue weighted by Crippen LogP contribution is 2.30. The van der Waals surface area contributed by atoms with Gasteiger partial charge in [0.2, 0.25) is 5.91 Å². The SMILES string of the molecule is CCOc1ccc2nc(NC(=O)CSc3cccc(NC(=O)/C(=C\c4ccccc4Cl)NC(=O)c4ccccc4)c3)sc2c1. The number of nitrogens with zero attached hydrogens (tertiary/aromatic N) is 1. The Morgan fingerprint density at radius 3 is 2.52 bits per heavy atom. The van der Waals surface area contributed by atoms with Crippen LogP contribution in [0.15, 0.2) is 108 Å². The Bertz CT molecular complexity index is 1840. The van der Waals surface area contributed by atoms with Crippen molar-refractivity contribution >= 4 is 79.5 Å². The van der Waals surface area contributed by atoms with Crippen LogP contribution in [0.4, 0.5) is 10.8 Å². The first-order chi connectivity index (χ1) is 21.4. The predicted molar refractivity (Wildman–Crippen MR) is 179 cm³/mol. The van der Waals surface area contributed by atoms with E-state index in [1.54, 1.807) is 72.8 Å². The largest absolute Gasteiger partial charge is 0.494 e. The Labute approximate surface area is 267 Å². The summed E-state index contributed by atoms with van der Waals surface area (Å²) in [7, 11) is 0. The molecule has 0 atom stereocenters. The molecular formula is C33H27ClN4O4S2. The van der Waals surface area contributed by atoms with Crippen molar-refractivity contribution in [3.8, 4) is 5.75 Å². The molecule has 0 aliphatic carbocycles. The number of anilines is 2. The third-order valence-corrected chi connectivity index (χ3v) is 8.38. The Hall–Kier alpha value is -4.64. The molecule has 5 rings (SSSR count). The van der Waals surface area contributed by atoms with Crippen molar-refractivity contribution in [2.75, 3.05) is 23.0 Å². The fourth-order valence-corrected chi connectivity index (χ4v) is 5.93. The van der Waals surface area contributed by atoms with Gasteiger partial charge in [0.15, 0.2) is 5.13 Å². The molecule has 8 nitrogen and oxygen atoms in total.